The third kappa shape index (κ3) is 3.43. The number of halogens is 3. The number of benzene rings is 1. The molecule has 0 bridgehead atoms. The number of alkyl halides is 3. The van der Waals surface area contributed by atoms with Crippen molar-refractivity contribution in [3.63, 3.8) is 0 Å². The van der Waals surface area contributed by atoms with Crippen LogP contribution in [0.5, 0.6) is 0 Å². The summed E-state index contributed by atoms with van der Waals surface area (Å²) in [5.41, 5.74) is -0.115. The first-order valence-electron chi connectivity index (χ1n) is 8.49. The summed E-state index contributed by atoms with van der Waals surface area (Å²) in [5.74, 6) is 0.293. The number of nitrogens with one attached hydrogen (secondary N) is 1. The monoisotopic (exact) mass is 340 g/mol. The van der Waals surface area contributed by atoms with Gasteiger partial charge in [0.15, 0.2) is 0 Å². The van der Waals surface area contributed by atoms with Gasteiger partial charge in [-0.15, -0.1) is 0 Å². The molecule has 1 heterocycles. The molecule has 0 aromatic heterocycles. The van der Waals surface area contributed by atoms with E-state index in [2.05, 4.69) is 5.32 Å². The number of nitrogens with zero attached hydrogens (tertiary/aromatic N) is 1. The van der Waals surface area contributed by atoms with Crippen molar-refractivity contribution in [3.8, 4) is 0 Å². The van der Waals surface area contributed by atoms with Crippen LogP contribution in [0.3, 0.4) is 0 Å². The lowest BCUT2D eigenvalue weighted by Gasteiger charge is -2.38. The molecule has 1 N–H and O–H groups in total. The number of amides is 1. The zero-order valence-electron chi connectivity index (χ0n) is 13.9. The molecule has 0 spiro atoms. The van der Waals surface area contributed by atoms with E-state index in [-0.39, 0.29) is 23.9 Å². The summed E-state index contributed by atoms with van der Waals surface area (Å²) in [6.45, 7) is 5.44. The zero-order chi connectivity index (χ0) is 17.5. The highest BCUT2D eigenvalue weighted by Crippen LogP contribution is 2.38. The van der Waals surface area contributed by atoms with E-state index in [1.165, 1.54) is 12.1 Å². The molecule has 2 atom stereocenters. The Bertz CT molecular complexity index is 609. The Hall–Kier alpha value is -1.56. The van der Waals surface area contributed by atoms with Crippen LogP contribution >= 0.6 is 0 Å². The molecule has 3 nitrogen and oxygen atoms in total. The molecule has 0 radical (unpaired) electrons. The molecule has 2 aliphatic rings. The van der Waals surface area contributed by atoms with Crippen LogP contribution in [0.4, 0.5) is 13.2 Å². The molecule has 1 aliphatic carbocycles. The second-order valence-corrected chi connectivity index (χ2v) is 6.98. The number of hydrogen-bond donors (Lipinski definition) is 1. The molecular weight excluding hydrogens is 317 g/mol. The van der Waals surface area contributed by atoms with Gasteiger partial charge in [-0.25, -0.2) is 0 Å². The van der Waals surface area contributed by atoms with Gasteiger partial charge in [0.1, 0.15) is 0 Å². The van der Waals surface area contributed by atoms with E-state index < -0.39 is 11.7 Å². The molecule has 6 heteroatoms. The molecule has 1 amide bonds. The Morgan fingerprint density at radius 1 is 1.25 bits per heavy atom. The minimum Gasteiger partial charge on any atom is -0.333 e. The topological polar surface area (TPSA) is 32.3 Å². The van der Waals surface area contributed by atoms with E-state index in [4.69, 9.17) is 0 Å². The smallest absolute Gasteiger partial charge is 0.333 e. The van der Waals surface area contributed by atoms with Crippen molar-refractivity contribution in [2.24, 2.45) is 11.8 Å². The van der Waals surface area contributed by atoms with Gasteiger partial charge >= 0.3 is 6.18 Å². The average Bonchev–Trinajstić information content (AvgIpc) is 3.29. The van der Waals surface area contributed by atoms with Crippen molar-refractivity contribution < 1.29 is 18.0 Å². The van der Waals surface area contributed by atoms with E-state index in [0.29, 0.717) is 11.5 Å². The Labute approximate surface area is 140 Å². The minimum absolute atomic E-state index is 0.0638. The largest absolute Gasteiger partial charge is 0.416 e. The first-order valence-corrected chi connectivity index (χ1v) is 8.49. The second kappa shape index (κ2) is 6.39. The Kier molecular flexibility index (Phi) is 4.60. The fourth-order valence-corrected chi connectivity index (χ4v) is 3.28. The van der Waals surface area contributed by atoms with E-state index in [0.717, 1.165) is 32.0 Å². The first kappa shape index (κ1) is 17.3. The van der Waals surface area contributed by atoms with E-state index in [1.807, 2.05) is 18.7 Å². The van der Waals surface area contributed by atoms with Crippen LogP contribution in [0.2, 0.25) is 0 Å². The van der Waals surface area contributed by atoms with Crippen LogP contribution in [-0.2, 0) is 11.0 Å². The molecule has 1 aromatic carbocycles. The van der Waals surface area contributed by atoms with Crippen LogP contribution in [0, 0.1) is 11.8 Å². The Balaban J connectivity index is 1.82. The van der Waals surface area contributed by atoms with Crippen LogP contribution in [0.15, 0.2) is 24.3 Å². The predicted octanol–water partition coefficient (Wildman–Crippen LogP) is 3.61. The van der Waals surface area contributed by atoms with E-state index >= 15 is 0 Å². The number of carbonyl (C=O) groups is 1. The van der Waals surface area contributed by atoms with Crippen LogP contribution in [0.1, 0.15) is 43.9 Å². The molecule has 2 unspecified atom stereocenters. The first-order chi connectivity index (χ1) is 11.3. The highest BCUT2D eigenvalue weighted by Gasteiger charge is 2.41. The van der Waals surface area contributed by atoms with Crippen LogP contribution in [-0.4, -0.2) is 29.9 Å². The summed E-state index contributed by atoms with van der Waals surface area (Å²) in [6, 6.07) is 5.16. The summed E-state index contributed by atoms with van der Waals surface area (Å²) in [6.07, 6.45) is -2.50. The minimum atomic E-state index is -4.37. The van der Waals surface area contributed by atoms with E-state index in [1.54, 1.807) is 6.07 Å². The molecule has 132 valence electrons. The highest BCUT2D eigenvalue weighted by molar-refractivity contribution is 5.80. The summed E-state index contributed by atoms with van der Waals surface area (Å²) in [5, 5.41) is 3.17. The van der Waals surface area contributed by atoms with E-state index in [9.17, 15) is 18.0 Å². The van der Waals surface area contributed by atoms with Crippen molar-refractivity contribution in [2.45, 2.75) is 44.9 Å². The predicted molar refractivity (Wildman–Crippen MR) is 85.3 cm³/mol. The Morgan fingerprint density at radius 2 is 1.92 bits per heavy atom. The number of hydrogen-bond acceptors (Lipinski definition) is 2. The van der Waals surface area contributed by atoms with Crippen molar-refractivity contribution in [2.75, 3.05) is 13.1 Å². The van der Waals surface area contributed by atoms with Crippen molar-refractivity contribution in [1.29, 1.82) is 0 Å². The van der Waals surface area contributed by atoms with Gasteiger partial charge in [-0.2, -0.15) is 13.2 Å². The summed E-state index contributed by atoms with van der Waals surface area (Å²) < 4.78 is 38.9. The third-order valence-corrected chi connectivity index (χ3v) is 5.22. The molecule has 1 saturated heterocycles. The molecule has 1 saturated carbocycles. The van der Waals surface area contributed by atoms with Gasteiger partial charge in [-0.1, -0.05) is 19.1 Å². The maximum atomic E-state index is 13.0. The van der Waals surface area contributed by atoms with Crippen LogP contribution in [0.25, 0.3) is 0 Å². The van der Waals surface area contributed by atoms with Gasteiger partial charge in [-0.05, 0) is 56.5 Å². The quantitative estimate of drug-likeness (QED) is 0.888. The van der Waals surface area contributed by atoms with Gasteiger partial charge < -0.3 is 10.2 Å². The fraction of sp³-hybridized carbons (Fsp3) is 0.611. The molecule has 24 heavy (non-hydrogen) atoms. The highest BCUT2D eigenvalue weighted by atomic mass is 19.4. The van der Waals surface area contributed by atoms with Gasteiger partial charge in [0.05, 0.1) is 11.6 Å². The summed E-state index contributed by atoms with van der Waals surface area (Å²) in [4.78, 5) is 14.7. The fourth-order valence-electron chi connectivity index (χ4n) is 3.28. The summed E-state index contributed by atoms with van der Waals surface area (Å²) >= 11 is 0. The average molecular weight is 340 g/mol. The lowest BCUT2D eigenvalue weighted by Crippen LogP contribution is -2.51. The van der Waals surface area contributed by atoms with Crippen molar-refractivity contribution in [1.82, 2.24) is 10.2 Å². The summed E-state index contributed by atoms with van der Waals surface area (Å²) in [7, 11) is 0. The van der Waals surface area contributed by atoms with Gasteiger partial charge in [0.25, 0.3) is 0 Å². The normalized spacial score (nSPS) is 21.0. The van der Waals surface area contributed by atoms with Gasteiger partial charge in [-0.3, -0.25) is 4.79 Å². The molecule has 2 fully saturated rings. The molecule has 1 aromatic rings. The van der Waals surface area contributed by atoms with Crippen LogP contribution < -0.4 is 5.32 Å². The number of carbonyl (C=O) groups excluding carboxylic acids is 1. The standard InChI is InChI=1S/C18H23F3N2O/c1-11(14-9-22-10-14)17(24)23(16-6-7-16)12(2)13-4-3-5-15(8-13)18(19,20)21/h3-5,8,11-12,14,16,22H,6-7,9-10H2,1-2H3. The Morgan fingerprint density at radius 3 is 2.42 bits per heavy atom. The third-order valence-electron chi connectivity index (χ3n) is 5.22. The SMILES string of the molecule is CC(C(=O)N(C1CC1)C(C)c1cccc(C(F)(F)F)c1)C1CNC1. The van der Waals surface area contributed by atoms with Crippen molar-refractivity contribution in [3.05, 3.63) is 35.4 Å². The lowest BCUT2D eigenvalue weighted by molar-refractivity contribution is -0.140. The molecular formula is C18H23F3N2O. The molecule has 1 aliphatic heterocycles. The van der Waals surface area contributed by atoms with Gasteiger partial charge in [0.2, 0.25) is 5.91 Å². The number of rotatable bonds is 5. The van der Waals surface area contributed by atoms with Gasteiger partial charge in [0, 0.05) is 12.0 Å². The maximum Gasteiger partial charge on any atom is 0.416 e. The van der Waals surface area contributed by atoms with Crippen molar-refractivity contribution >= 4 is 5.91 Å². The zero-order valence-corrected chi connectivity index (χ0v) is 13.9. The molecule has 3 rings (SSSR count). The maximum absolute atomic E-state index is 13.0. The second-order valence-electron chi connectivity index (χ2n) is 6.98. The lowest BCUT2D eigenvalue weighted by atomic mass is 9.87.